The van der Waals surface area contributed by atoms with E-state index in [1.165, 1.54) is 12.7 Å². The summed E-state index contributed by atoms with van der Waals surface area (Å²) in [5, 5.41) is 2.63. The number of likely N-dealkylation sites (N-methyl/N-ethyl adjacent to an activating group) is 1. The molecule has 2 rings (SSSR count). The molecule has 2 aromatic carbocycles. The van der Waals surface area contributed by atoms with Crippen LogP contribution in [0.15, 0.2) is 48.5 Å². The van der Waals surface area contributed by atoms with E-state index in [2.05, 4.69) is 38.2 Å². The van der Waals surface area contributed by atoms with Gasteiger partial charge in [-0.3, -0.25) is 4.79 Å². The number of hydrogen-bond donors (Lipinski definition) is 1. The van der Waals surface area contributed by atoms with Gasteiger partial charge >= 0.3 is 0 Å². The van der Waals surface area contributed by atoms with E-state index in [1.54, 1.807) is 7.05 Å². The zero-order valence-corrected chi connectivity index (χ0v) is 15.6. The Bertz CT molecular complexity index is 702. The van der Waals surface area contributed by atoms with E-state index in [0.717, 1.165) is 16.9 Å². The Hall–Kier alpha value is -2.33. The quantitative estimate of drug-likeness (QED) is 0.864. The molecule has 25 heavy (non-hydrogen) atoms. The number of nitrogens with one attached hydrogen (secondary N) is 1. The number of carbonyl (C=O) groups is 1. The van der Waals surface area contributed by atoms with Crippen molar-refractivity contribution in [3.05, 3.63) is 65.2 Å². The van der Waals surface area contributed by atoms with Crippen LogP contribution < -0.4 is 10.1 Å². The van der Waals surface area contributed by atoms with Gasteiger partial charge in [0, 0.05) is 14.2 Å². The third-order valence-electron chi connectivity index (χ3n) is 4.17. The van der Waals surface area contributed by atoms with Crippen molar-refractivity contribution in [1.29, 1.82) is 0 Å². The first-order valence-corrected chi connectivity index (χ1v) is 8.42. The van der Waals surface area contributed by atoms with E-state index in [9.17, 15) is 4.79 Å². The first kappa shape index (κ1) is 19.0. The molecule has 0 fully saturated rings. The largest absolute Gasteiger partial charge is 0.489 e. The second-order valence-corrected chi connectivity index (χ2v) is 6.99. The average Bonchev–Trinajstić information content (AvgIpc) is 2.61. The molecule has 1 unspecified atom stereocenters. The molecule has 0 aliphatic heterocycles. The van der Waals surface area contributed by atoms with Crippen LogP contribution in [-0.2, 0) is 21.6 Å². The van der Waals surface area contributed by atoms with Gasteiger partial charge in [0.15, 0.2) is 6.10 Å². The summed E-state index contributed by atoms with van der Waals surface area (Å²) in [5.41, 5.74) is 3.12. The number of methoxy groups -OCH3 is 1. The summed E-state index contributed by atoms with van der Waals surface area (Å²) in [4.78, 5) is 12.0. The smallest absolute Gasteiger partial charge is 0.253 e. The van der Waals surface area contributed by atoms with Crippen molar-refractivity contribution in [2.75, 3.05) is 14.2 Å². The molecule has 0 saturated carbocycles. The van der Waals surface area contributed by atoms with Gasteiger partial charge in [0.2, 0.25) is 0 Å². The highest BCUT2D eigenvalue weighted by atomic mass is 16.5. The number of ether oxygens (including phenoxy) is 2. The van der Waals surface area contributed by atoms with E-state index in [4.69, 9.17) is 9.47 Å². The number of benzene rings is 2. The predicted molar refractivity (Wildman–Crippen MR) is 99.7 cm³/mol. The summed E-state index contributed by atoms with van der Waals surface area (Å²) < 4.78 is 11.3. The second kappa shape index (κ2) is 8.17. The molecule has 1 amide bonds. The van der Waals surface area contributed by atoms with Crippen molar-refractivity contribution < 1.29 is 14.3 Å². The van der Waals surface area contributed by atoms with Crippen molar-refractivity contribution in [3.63, 3.8) is 0 Å². The molecule has 0 bridgehead atoms. The lowest BCUT2D eigenvalue weighted by molar-refractivity contribution is -0.130. The number of rotatable bonds is 6. The summed E-state index contributed by atoms with van der Waals surface area (Å²) in [6.07, 6.45) is -0.645. The molecule has 4 nitrogen and oxygen atoms in total. The Morgan fingerprint density at radius 2 is 1.72 bits per heavy atom. The standard InChI is InChI=1S/C21H27NO3/c1-21(2,3)16-10-12-17(13-11-16)25-14-15-8-6-7-9-18(15)19(24-5)20(23)22-4/h6-13,19H,14H2,1-5H3,(H,22,23). The molecule has 1 atom stereocenters. The van der Waals surface area contributed by atoms with Crippen molar-refractivity contribution in [2.45, 2.75) is 38.9 Å². The van der Waals surface area contributed by atoms with Crippen LogP contribution in [0.4, 0.5) is 0 Å². The highest BCUT2D eigenvalue weighted by Gasteiger charge is 2.21. The minimum absolute atomic E-state index is 0.115. The lowest BCUT2D eigenvalue weighted by Gasteiger charge is -2.20. The monoisotopic (exact) mass is 341 g/mol. The van der Waals surface area contributed by atoms with Gasteiger partial charge in [-0.05, 0) is 34.2 Å². The average molecular weight is 341 g/mol. The van der Waals surface area contributed by atoms with E-state index >= 15 is 0 Å². The van der Waals surface area contributed by atoms with Gasteiger partial charge in [-0.2, -0.15) is 0 Å². The van der Waals surface area contributed by atoms with Gasteiger partial charge in [0.05, 0.1) is 0 Å². The second-order valence-electron chi connectivity index (χ2n) is 6.99. The van der Waals surface area contributed by atoms with Crippen LogP contribution in [0.25, 0.3) is 0 Å². The summed E-state index contributed by atoms with van der Waals surface area (Å²) in [7, 11) is 3.13. The molecule has 0 radical (unpaired) electrons. The van der Waals surface area contributed by atoms with Gasteiger partial charge in [0.1, 0.15) is 12.4 Å². The molecule has 0 spiro atoms. The molecule has 0 aliphatic carbocycles. The third-order valence-corrected chi connectivity index (χ3v) is 4.17. The molecular formula is C21H27NO3. The summed E-state index contributed by atoms with van der Waals surface area (Å²) in [6, 6.07) is 15.8. The lowest BCUT2D eigenvalue weighted by Crippen LogP contribution is -2.27. The first-order valence-electron chi connectivity index (χ1n) is 8.42. The van der Waals surface area contributed by atoms with E-state index in [-0.39, 0.29) is 11.3 Å². The van der Waals surface area contributed by atoms with Crippen LogP contribution in [0.5, 0.6) is 5.75 Å². The maximum atomic E-state index is 12.0. The van der Waals surface area contributed by atoms with Crippen molar-refractivity contribution in [3.8, 4) is 5.75 Å². The zero-order valence-electron chi connectivity index (χ0n) is 15.6. The van der Waals surface area contributed by atoms with Crippen molar-refractivity contribution in [1.82, 2.24) is 5.32 Å². The van der Waals surface area contributed by atoms with Crippen LogP contribution in [-0.4, -0.2) is 20.1 Å². The summed E-state index contributed by atoms with van der Waals surface area (Å²) >= 11 is 0. The zero-order chi connectivity index (χ0) is 18.4. The minimum atomic E-state index is -0.645. The molecule has 0 aromatic heterocycles. The first-order chi connectivity index (χ1) is 11.9. The Balaban J connectivity index is 2.15. The lowest BCUT2D eigenvalue weighted by atomic mass is 9.87. The van der Waals surface area contributed by atoms with Crippen LogP contribution in [0.1, 0.15) is 43.6 Å². The third kappa shape index (κ3) is 4.83. The van der Waals surface area contributed by atoms with Gasteiger partial charge in [-0.25, -0.2) is 0 Å². The van der Waals surface area contributed by atoms with Crippen molar-refractivity contribution in [2.24, 2.45) is 0 Å². The summed E-state index contributed by atoms with van der Waals surface area (Å²) in [6.45, 7) is 6.93. The molecule has 0 saturated heterocycles. The Kier molecular flexibility index (Phi) is 6.21. The molecule has 4 heteroatoms. The highest BCUT2D eigenvalue weighted by molar-refractivity contribution is 5.82. The predicted octanol–water partition coefficient (Wildman–Crippen LogP) is 4.00. The fourth-order valence-corrected chi connectivity index (χ4v) is 2.64. The fourth-order valence-electron chi connectivity index (χ4n) is 2.64. The van der Waals surface area contributed by atoms with Crippen LogP contribution >= 0.6 is 0 Å². The van der Waals surface area contributed by atoms with E-state index in [0.29, 0.717) is 6.61 Å². The SMILES string of the molecule is CNC(=O)C(OC)c1ccccc1COc1ccc(C(C)(C)C)cc1. The maximum absolute atomic E-state index is 12.0. The topological polar surface area (TPSA) is 47.6 Å². The Morgan fingerprint density at radius 1 is 1.08 bits per heavy atom. The van der Waals surface area contributed by atoms with E-state index < -0.39 is 6.10 Å². The maximum Gasteiger partial charge on any atom is 0.253 e. The summed E-state index contributed by atoms with van der Waals surface area (Å²) in [5.74, 6) is 0.626. The highest BCUT2D eigenvalue weighted by Crippen LogP contribution is 2.26. The Morgan fingerprint density at radius 3 is 2.28 bits per heavy atom. The number of carbonyl (C=O) groups excluding carboxylic acids is 1. The molecule has 0 aliphatic rings. The normalized spacial score (nSPS) is 12.5. The van der Waals surface area contributed by atoms with Gasteiger partial charge < -0.3 is 14.8 Å². The number of hydrogen-bond acceptors (Lipinski definition) is 3. The Labute approximate surface area is 150 Å². The van der Waals surface area contributed by atoms with E-state index in [1.807, 2.05) is 36.4 Å². The molecule has 1 N–H and O–H groups in total. The fraction of sp³-hybridized carbons (Fsp3) is 0.381. The van der Waals surface area contributed by atoms with Gasteiger partial charge in [-0.1, -0.05) is 57.2 Å². The molecular weight excluding hydrogens is 314 g/mol. The van der Waals surface area contributed by atoms with Crippen LogP contribution in [0.3, 0.4) is 0 Å². The molecule has 134 valence electrons. The molecule has 0 heterocycles. The van der Waals surface area contributed by atoms with Gasteiger partial charge in [-0.15, -0.1) is 0 Å². The number of amides is 1. The van der Waals surface area contributed by atoms with Crippen molar-refractivity contribution >= 4 is 5.91 Å². The minimum Gasteiger partial charge on any atom is -0.489 e. The molecule has 2 aromatic rings. The van der Waals surface area contributed by atoms with Crippen LogP contribution in [0.2, 0.25) is 0 Å². The van der Waals surface area contributed by atoms with Gasteiger partial charge in [0.25, 0.3) is 5.91 Å². The van der Waals surface area contributed by atoms with Crippen LogP contribution in [0, 0.1) is 0 Å².